The molecule has 19 heavy (non-hydrogen) atoms. The van der Waals surface area contributed by atoms with Gasteiger partial charge in [-0.25, -0.2) is 0 Å². The van der Waals surface area contributed by atoms with E-state index in [4.69, 9.17) is 4.74 Å². The van der Waals surface area contributed by atoms with Gasteiger partial charge in [0.25, 0.3) is 0 Å². The van der Waals surface area contributed by atoms with Crippen molar-refractivity contribution in [3.63, 3.8) is 0 Å². The van der Waals surface area contributed by atoms with Crippen LogP contribution in [0.5, 0.6) is 11.5 Å². The molecule has 0 amide bonds. The quantitative estimate of drug-likeness (QED) is 0.628. The standard InChI is InChI=1S/C12H12FN3O3/c1-8(2)15-7-9(6-14-15)19-11-5-3-4-10(13)12(11)16(17)18/h3-8H,1-2H3. The molecule has 0 N–H and O–H groups in total. The molecule has 100 valence electrons. The van der Waals surface area contributed by atoms with Crippen LogP contribution in [0, 0.1) is 15.9 Å². The monoisotopic (exact) mass is 265 g/mol. The second kappa shape index (κ2) is 5.05. The highest BCUT2D eigenvalue weighted by molar-refractivity contribution is 5.48. The van der Waals surface area contributed by atoms with Crippen LogP contribution in [-0.4, -0.2) is 14.7 Å². The maximum Gasteiger partial charge on any atom is 0.346 e. The molecule has 0 aliphatic heterocycles. The summed E-state index contributed by atoms with van der Waals surface area (Å²) in [5.74, 6) is -0.755. The molecule has 0 aliphatic carbocycles. The van der Waals surface area contributed by atoms with Gasteiger partial charge >= 0.3 is 5.69 Å². The summed E-state index contributed by atoms with van der Waals surface area (Å²) in [7, 11) is 0. The number of halogens is 1. The maximum absolute atomic E-state index is 13.4. The lowest BCUT2D eigenvalue weighted by atomic mass is 10.3. The molecular formula is C12H12FN3O3. The fraction of sp³-hybridized carbons (Fsp3) is 0.250. The molecule has 0 fully saturated rings. The minimum Gasteiger partial charge on any atom is -0.447 e. The highest BCUT2D eigenvalue weighted by Crippen LogP contribution is 2.33. The van der Waals surface area contributed by atoms with Crippen molar-refractivity contribution < 1.29 is 14.1 Å². The van der Waals surface area contributed by atoms with E-state index in [0.717, 1.165) is 6.07 Å². The van der Waals surface area contributed by atoms with Crippen molar-refractivity contribution in [1.29, 1.82) is 0 Å². The summed E-state index contributed by atoms with van der Waals surface area (Å²) in [5, 5.41) is 14.8. The van der Waals surface area contributed by atoms with Gasteiger partial charge in [-0.2, -0.15) is 9.49 Å². The second-order valence-electron chi connectivity index (χ2n) is 4.20. The fourth-order valence-electron chi connectivity index (χ4n) is 1.54. The molecule has 0 unspecified atom stereocenters. The Balaban J connectivity index is 2.32. The predicted octanol–water partition coefficient (Wildman–Crippen LogP) is 3.30. The molecule has 7 heteroatoms. The summed E-state index contributed by atoms with van der Waals surface area (Å²) in [5.41, 5.74) is -0.681. The van der Waals surface area contributed by atoms with E-state index in [1.165, 1.54) is 18.3 Å². The summed E-state index contributed by atoms with van der Waals surface area (Å²) in [6.45, 7) is 3.86. The number of rotatable bonds is 4. The Morgan fingerprint density at radius 2 is 2.21 bits per heavy atom. The highest BCUT2D eigenvalue weighted by Gasteiger charge is 2.22. The normalized spacial score (nSPS) is 10.7. The van der Waals surface area contributed by atoms with E-state index < -0.39 is 16.4 Å². The van der Waals surface area contributed by atoms with Crippen molar-refractivity contribution in [3.8, 4) is 11.5 Å². The van der Waals surface area contributed by atoms with Crippen molar-refractivity contribution in [2.24, 2.45) is 0 Å². The summed E-state index contributed by atoms with van der Waals surface area (Å²) >= 11 is 0. The molecule has 0 radical (unpaired) electrons. The first-order chi connectivity index (χ1) is 8.99. The Labute approximate surface area is 108 Å². The topological polar surface area (TPSA) is 70.2 Å². The Morgan fingerprint density at radius 3 is 2.79 bits per heavy atom. The minimum atomic E-state index is -0.932. The minimum absolute atomic E-state index is 0.139. The van der Waals surface area contributed by atoms with E-state index in [-0.39, 0.29) is 11.8 Å². The number of nitro groups is 1. The molecule has 1 heterocycles. The molecular weight excluding hydrogens is 253 g/mol. The third-order valence-corrected chi connectivity index (χ3v) is 2.47. The lowest BCUT2D eigenvalue weighted by molar-refractivity contribution is -0.388. The first-order valence-corrected chi connectivity index (χ1v) is 5.64. The van der Waals surface area contributed by atoms with Crippen LogP contribution >= 0.6 is 0 Å². The number of ether oxygens (including phenoxy) is 1. The molecule has 0 aliphatic rings. The fourth-order valence-corrected chi connectivity index (χ4v) is 1.54. The lowest BCUT2D eigenvalue weighted by Gasteiger charge is -2.05. The van der Waals surface area contributed by atoms with Crippen molar-refractivity contribution in [1.82, 2.24) is 9.78 Å². The van der Waals surface area contributed by atoms with Crippen LogP contribution in [0.3, 0.4) is 0 Å². The molecule has 0 saturated heterocycles. The van der Waals surface area contributed by atoms with E-state index in [0.29, 0.717) is 5.75 Å². The van der Waals surface area contributed by atoms with Crippen molar-refractivity contribution in [2.75, 3.05) is 0 Å². The Morgan fingerprint density at radius 1 is 1.47 bits per heavy atom. The van der Waals surface area contributed by atoms with Crippen molar-refractivity contribution in [3.05, 3.63) is 46.5 Å². The molecule has 0 bridgehead atoms. The van der Waals surface area contributed by atoms with Crippen LogP contribution in [0.1, 0.15) is 19.9 Å². The number of aromatic nitrogens is 2. The van der Waals surface area contributed by atoms with E-state index >= 15 is 0 Å². The summed E-state index contributed by atoms with van der Waals surface area (Å²) in [6, 6.07) is 3.85. The van der Waals surface area contributed by atoms with Gasteiger partial charge in [0.1, 0.15) is 0 Å². The van der Waals surface area contributed by atoms with E-state index in [2.05, 4.69) is 5.10 Å². The summed E-state index contributed by atoms with van der Waals surface area (Å²) in [6.07, 6.45) is 3.02. The largest absolute Gasteiger partial charge is 0.447 e. The first kappa shape index (κ1) is 13.0. The molecule has 2 aromatic rings. The smallest absolute Gasteiger partial charge is 0.346 e. The molecule has 6 nitrogen and oxygen atoms in total. The molecule has 1 aromatic carbocycles. The Kier molecular flexibility index (Phi) is 3.46. The zero-order valence-electron chi connectivity index (χ0n) is 10.4. The number of nitrogens with zero attached hydrogens (tertiary/aromatic N) is 3. The Bertz CT molecular complexity index is 610. The molecule has 0 spiro atoms. The second-order valence-corrected chi connectivity index (χ2v) is 4.20. The molecule has 0 atom stereocenters. The van der Waals surface area contributed by atoms with Crippen LogP contribution in [0.2, 0.25) is 0 Å². The summed E-state index contributed by atoms with van der Waals surface area (Å²) < 4.78 is 20.4. The van der Waals surface area contributed by atoms with Gasteiger partial charge in [-0.15, -0.1) is 0 Å². The SMILES string of the molecule is CC(C)n1cc(Oc2cccc(F)c2[N+](=O)[O-])cn1. The van der Waals surface area contributed by atoms with Gasteiger partial charge in [-0.3, -0.25) is 14.8 Å². The maximum atomic E-state index is 13.4. The third-order valence-electron chi connectivity index (χ3n) is 2.47. The predicted molar refractivity (Wildman–Crippen MR) is 65.7 cm³/mol. The molecule has 2 rings (SSSR count). The summed E-state index contributed by atoms with van der Waals surface area (Å²) in [4.78, 5) is 10.0. The molecule has 1 aromatic heterocycles. The van der Waals surface area contributed by atoms with Crippen LogP contribution in [0.4, 0.5) is 10.1 Å². The van der Waals surface area contributed by atoms with Crippen LogP contribution in [0.25, 0.3) is 0 Å². The number of nitro benzene ring substituents is 1. The number of para-hydroxylation sites is 1. The number of hydrogen-bond donors (Lipinski definition) is 0. The molecule has 0 saturated carbocycles. The first-order valence-electron chi connectivity index (χ1n) is 5.64. The third kappa shape index (κ3) is 2.70. The van der Waals surface area contributed by atoms with Crippen LogP contribution in [-0.2, 0) is 0 Å². The van der Waals surface area contributed by atoms with Gasteiger partial charge in [-0.1, -0.05) is 6.07 Å². The van der Waals surface area contributed by atoms with E-state index in [1.54, 1.807) is 10.9 Å². The zero-order valence-corrected chi connectivity index (χ0v) is 10.4. The van der Waals surface area contributed by atoms with Crippen LogP contribution < -0.4 is 4.74 Å². The van der Waals surface area contributed by atoms with Gasteiger partial charge in [0.2, 0.25) is 11.6 Å². The van der Waals surface area contributed by atoms with Gasteiger partial charge in [0.05, 0.1) is 17.3 Å². The Hall–Kier alpha value is -2.44. The van der Waals surface area contributed by atoms with Crippen molar-refractivity contribution >= 4 is 5.69 Å². The van der Waals surface area contributed by atoms with E-state index in [9.17, 15) is 14.5 Å². The van der Waals surface area contributed by atoms with Crippen LogP contribution in [0.15, 0.2) is 30.6 Å². The van der Waals surface area contributed by atoms with Gasteiger partial charge in [-0.05, 0) is 26.0 Å². The number of benzene rings is 1. The van der Waals surface area contributed by atoms with Gasteiger partial charge in [0, 0.05) is 6.04 Å². The number of hydrogen-bond acceptors (Lipinski definition) is 4. The van der Waals surface area contributed by atoms with Gasteiger partial charge in [0.15, 0.2) is 5.75 Å². The lowest BCUT2D eigenvalue weighted by Crippen LogP contribution is -2.00. The van der Waals surface area contributed by atoms with E-state index in [1.807, 2.05) is 13.8 Å². The average molecular weight is 265 g/mol. The zero-order chi connectivity index (χ0) is 14.0. The van der Waals surface area contributed by atoms with Gasteiger partial charge < -0.3 is 4.74 Å². The average Bonchev–Trinajstić information content (AvgIpc) is 2.77. The highest BCUT2D eigenvalue weighted by atomic mass is 19.1. The van der Waals surface area contributed by atoms with Crippen molar-refractivity contribution in [2.45, 2.75) is 19.9 Å².